The molecule has 1 aliphatic carbocycles. The number of nitrogens with one attached hydrogen (secondary N) is 1. The molecule has 1 heterocycles. The lowest BCUT2D eigenvalue weighted by Gasteiger charge is -2.32. The second-order valence-electron chi connectivity index (χ2n) is 6.57. The second kappa shape index (κ2) is 5.86. The number of rotatable bonds is 3. The van der Waals surface area contributed by atoms with E-state index in [9.17, 15) is 5.26 Å². The fourth-order valence-corrected chi connectivity index (χ4v) is 3.94. The zero-order chi connectivity index (χ0) is 17.4. The Hall–Kier alpha value is -2.93. The zero-order valence-corrected chi connectivity index (χ0v) is 14.4. The van der Waals surface area contributed by atoms with Crippen LogP contribution in [0.1, 0.15) is 23.2 Å². The van der Waals surface area contributed by atoms with Crippen LogP contribution in [0.5, 0.6) is 11.5 Å². The van der Waals surface area contributed by atoms with Crippen LogP contribution in [0.2, 0.25) is 0 Å². The van der Waals surface area contributed by atoms with Crippen LogP contribution in [-0.4, -0.2) is 19.2 Å². The van der Waals surface area contributed by atoms with Crippen molar-refractivity contribution in [1.82, 2.24) is 4.98 Å². The van der Waals surface area contributed by atoms with Crippen molar-refractivity contribution >= 4 is 10.9 Å². The Labute approximate surface area is 147 Å². The Bertz CT molecular complexity index is 983. The molecule has 3 aromatic rings. The van der Waals surface area contributed by atoms with E-state index in [2.05, 4.69) is 29.3 Å². The van der Waals surface area contributed by atoms with Gasteiger partial charge in [-0.3, -0.25) is 0 Å². The number of ether oxygens (including phenoxy) is 2. The maximum Gasteiger partial charge on any atom is 0.161 e. The maximum atomic E-state index is 10.1. The topological polar surface area (TPSA) is 58.0 Å². The Morgan fingerprint density at radius 1 is 1.08 bits per heavy atom. The number of benzene rings is 2. The molecule has 1 N–H and O–H groups in total. The molecule has 0 amide bonds. The number of methoxy groups -OCH3 is 2. The lowest BCUT2D eigenvalue weighted by atomic mass is 9.69. The van der Waals surface area contributed by atoms with Crippen LogP contribution < -0.4 is 9.47 Å². The smallest absolute Gasteiger partial charge is 0.161 e. The molecule has 1 unspecified atom stereocenters. The van der Waals surface area contributed by atoms with Gasteiger partial charge in [-0.25, -0.2) is 0 Å². The molecule has 25 heavy (non-hydrogen) atoms. The monoisotopic (exact) mass is 332 g/mol. The van der Waals surface area contributed by atoms with Gasteiger partial charge in [0.25, 0.3) is 0 Å². The Morgan fingerprint density at radius 2 is 1.88 bits per heavy atom. The van der Waals surface area contributed by atoms with Crippen LogP contribution in [0.3, 0.4) is 0 Å². The average Bonchev–Trinajstić information content (AvgIpc) is 3.04. The third-order valence-electron chi connectivity index (χ3n) is 5.33. The molecule has 1 atom stereocenters. The van der Waals surface area contributed by atoms with Gasteiger partial charge in [-0.2, -0.15) is 5.26 Å². The van der Waals surface area contributed by atoms with Crippen molar-refractivity contribution in [2.75, 3.05) is 14.2 Å². The van der Waals surface area contributed by atoms with Crippen molar-refractivity contribution in [3.8, 4) is 17.6 Å². The molecule has 4 heteroatoms. The lowest BCUT2D eigenvalue weighted by molar-refractivity contribution is 0.353. The van der Waals surface area contributed by atoms with E-state index < -0.39 is 5.41 Å². The van der Waals surface area contributed by atoms with Gasteiger partial charge in [0.15, 0.2) is 11.5 Å². The first-order valence-corrected chi connectivity index (χ1v) is 8.43. The third-order valence-corrected chi connectivity index (χ3v) is 5.33. The van der Waals surface area contributed by atoms with Gasteiger partial charge in [0, 0.05) is 16.6 Å². The number of nitrogens with zero attached hydrogens (tertiary/aromatic N) is 1. The first kappa shape index (κ1) is 15.6. The molecule has 0 saturated heterocycles. The van der Waals surface area contributed by atoms with Crippen LogP contribution in [0, 0.1) is 11.3 Å². The summed E-state index contributed by atoms with van der Waals surface area (Å²) in [5.74, 6) is 1.35. The van der Waals surface area contributed by atoms with E-state index in [4.69, 9.17) is 9.47 Å². The average molecular weight is 332 g/mol. The number of aromatic amines is 1. The molecule has 0 bridgehead atoms. The third kappa shape index (κ3) is 2.35. The fraction of sp³-hybridized carbons (Fsp3) is 0.286. The van der Waals surface area contributed by atoms with Gasteiger partial charge in [0.05, 0.1) is 25.7 Å². The standard InChI is InChI=1S/C21H20N2O2/c1-24-19-8-7-14(11-20(19)25-2)21(13-22)10-9-18-16(12-21)15-5-3-4-6-17(15)23-18/h3-8,11,23H,9-10,12H2,1-2H3. The van der Waals surface area contributed by atoms with Gasteiger partial charge in [0.1, 0.15) is 0 Å². The summed E-state index contributed by atoms with van der Waals surface area (Å²) in [5, 5.41) is 11.3. The number of H-pyrrole nitrogens is 1. The number of aryl methyl sites for hydroxylation is 1. The maximum absolute atomic E-state index is 10.1. The van der Waals surface area contributed by atoms with Gasteiger partial charge >= 0.3 is 0 Å². The normalized spacial score (nSPS) is 19.2. The van der Waals surface area contributed by atoms with Crippen LogP contribution in [0.25, 0.3) is 10.9 Å². The summed E-state index contributed by atoms with van der Waals surface area (Å²) in [6.45, 7) is 0. The van der Waals surface area contributed by atoms with E-state index in [1.54, 1.807) is 14.2 Å². The number of para-hydroxylation sites is 1. The van der Waals surface area contributed by atoms with Crippen molar-refractivity contribution in [2.45, 2.75) is 24.7 Å². The van der Waals surface area contributed by atoms with Crippen LogP contribution >= 0.6 is 0 Å². The predicted octanol–water partition coefficient (Wildman–Crippen LogP) is 4.14. The van der Waals surface area contributed by atoms with E-state index in [1.807, 2.05) is 24.3 Å². The van der Waals surface area contributed by atoms with Crippen molar-refractivity contribution in [3.63, 3.8) is 0 Å². The van der Waals surface area contributed by atoms with Gasteiger partial charge in [-0.05, 0) is 48.6 Å². The van der Waals surface area contributed by atoms with Crippen LogP contribution in [0.4, 0.5) is 0 Å². The second-order valence-corrected chi connectivity index (χ2v) is 6.57. The highest BCUT2D eigenvalue weighted by Gasteiger charge is 2.38. The SMILES string of the molecule is COc1ccc(C2(C#N)CCc3[nH]c4ccccc4c3C2)cc1OC. The summed E-state index contributed by atoms with van der Waals surface area (Å²) < 4.78 is 10.8. The molecular weight excluding hydrogens is 312 g/mol. The lowest BCUT2D eigenvalue weighted by Crippen LogP contribution is -2.31. The van der Waals surface area contributed by atoms with Crippen LogP contribution in [0.15, 0.2) is 42.5 Å². The number of hydrogen-bond donors (Lipinski definition) is 1. The number of nitriles is 1. The van der Waals surface area contributed by atoms with Gasteiger partial charge in [0.2, 0.25) is 0 Å². The summed E-state index contributed by atoms with van der Waals surface area (Å²) in [5.41, 5.74) is 4.11. The summed E-state index contributed by atoms with van der Waals surface area (Å²) in [7, 11) is 3.25. The Morgan fingerprint density at radius 3 is 2.64 bits per heavy atom. The molecule has 1 aliphatic rings. The van der Waals surface area contributed by atoms with E-state index in [-0.39, 0.29) is 0 Å². The Balaban J connectivity index is 1.82. The van der Waals surface area contributed by atoms with Crippen molar-refractivity contribution < 1.29 is 9.47 Å². The van der Waals surface area contributed by atoms with E-state index in [0.29, 0.717) is 17.9 Å². The molecule has 4 nitrogen and oxygen atoms in total. The molecule has 0 fully saturated rings. The molecule has 0 radical (unpaired) electrons. The van der Waals surface area contributed by atoms with E-state index >= 15 is 0 Å². The fourth-order valence-electron chi connectivity index (χ4n) is 3.94. The highest BCUT2D eigenvalue weighted by Crippen LogP contribution is 2.43. The predicted molar refractivity (Wildman–Crippen MR) is 97.2 cm³/mol. The molecule has 0 saturated carbocycles. The minimum atomic E-state index is -0.544. The molecule has 1 aromatic heterocycles. The molecule has 126 valence electrons. The quantitative estimate of drug-likeness (QED) is 0.784. The highest BCUT2D eigenvalue weighted by atomic mass is 16.5. The van der Waals surface area contributed by atoms with Gasteiger partial charge in [-0.1, -0.05) is 24.3 Å². The highest BCUT2D eigenvalue weighted by molar-refractivity contribution is 5.85. The minimum Gasteiger partial charge on any atom is -0.493 e. The molecule has 0 spiro atoms. The van der Waals surface area contributed by atoms with Crippen LogP contribution in [-0.2, 0) is 18.3 Å². The Kier molecular flexibility index (Phi) is 3.65. The summed E-state index contributed by atoms with van der Waals surface area (Å²) >= 11 is 0. The van der Waals surface area contributed by atoms with Gasteiger partial charge in [-0.15, -0.1) is 0 Å². The van der Waals surface area contributed by atoms with Gasteiger partial charge < -0.3 is 14.5 Å². The minimum absolute atomic E-state index is 0.544. The number of fused-ring (bicyclic) bond motifs is 3. The van der Waals surface area contributed by atoms with Crippen molar-refractivity contribution in [3.05, 3.63) is 59.3 Å². The number of aromatic nitrogens is 1. The zero-order valence-electron chi connectivity index (χ0n) is 14.4. The van der Waals surface area contributed by atoms with Crippen molar-refractivity contribution in [2.24, 2.45) is 0 Å². The molecule has 0 aliphatic heterocycles. The van der Waals surface area contributed by atoms with Crippen molar-refractivity contribution in [1.29, 1.82) is 5.26 Å². The van der Waals surface area contributed by atoms with E-state index in [1.165, 1.54) is 16.6 Å². The summed E-state index contributed by atoms with van der Waals surface area (Å²) in [6, 6.07) is 16.7. The summed E-state index contributed by atoms with van der Waals surface area (Å²) in [4.78, 5) is 3.52. The summed E-state index contributed by atoms with van der Waals surface area (Å²) in [6.07, 6.45) is 2.36. The largest absolute Gasteiger partial charge is 0.493 e. The first-order valence-electron chi connectivity index (χ1n) is 8.43. The molecule has 4 rings (SSSR count). The molecule has 2 aromatic carbocycles. The van der Waals surface area contributed by atoms with E-state index in [0.717, 1.165) is 23.9 Å². The number of hydrogen-bond acceptors (Lipinski definition) is 3. The first-order chi connectivity index (χ1) is 12.2. The molecular formula is C21H20N2O2.